The van der Waals surface area contributed by atoms with E-state index in [2.05, 4.69) is 6.92 Å². The SMILES string of the molecule is CCCCc1ccc(C(=O)N(CC(=O)O)CC(C)C)cc1. The van der Waals surface area contributed by atoms with E-state index >= 15 is 0 Å². The van der Waals surface area contributed by atoms with Crippen LogP contribution >= 0.6 is 0 Å². The fraction of sp³-hybridized carbons (Fsp3) is 0.529. The Morgan fingerprint density at radius 2 is 1.81 bits per heavy atom. The summed E-state index contributed by atoms with van der Waals surface area (Å²) in [4.78, 5) is 24.7. The van der Waals surface area contributed by atoms with Crippen molar-refractivity contribution >= 4 is 11.9 Å². The van der Waals surface area contributed by atoms with E-state index in [0.29, 0.717) is 12.1 Å². The Hall–Kier alpha value is -1.84. The highest BCUT2D eigenvalue weighted by atomic mass is 16.4. The molecule has 0 aliphatic heterocycles. The summed E-state index contributed by atoms with van der Waals surface area (Å²) in [5, 5.41) is 8.94. The summed E-state index contributed by atoms with van der Waals surface area (Å²) in [5.41, 5.74) is 1.76. The van der Waals surface area contributed by atoms with Crippen molar-refractivity contribution < 1.29 is 14.7 Å². The molecule has 116 valence electrons. The van der Waals surface area contributed by atoms with Crippen LogP contribution in [0.3, 0.4) is 0 Å². The van der Waals surface area contributed by atoms with E-state index in [4.69, 9.17) is 5.11 Å². The number of amides is 1. The molecule has 1 aromatic rings. The van der Waals surface area contributed by atoms with Gasteiger partial charge in [0.05, 0.1) is 0 Å². The summed E-state index contributed by atoms with van der Waals surface area (Å²) in [6.07, 6.45) is 3.28. The summed E-state index contributed by atoms with van der Waals surface area (Å²) in [6.45, 7) is 6.27. The van der Waals surface area contributed by atoms with E-state index in [-0.39, 0.29) is 18.4 Å². The van der Waals surface area contributed by atoms with Gasteiger partial charge in [-0.15, -0.1) is 0 Å². The van der Waals surface area contributed by atoms with Crippen LogP contribution in [0.4, 0.5) is 0 Å². The molecule has 0 spiro atoms. The smallest absolute Gasteiger partial charge is 0.323 e. The van der Waals surface area contributed by atoms with E-state index in [1.807, 2.05) is 26.0 Å². The number of carbonyl (C=O) groups is 2. The number of carbonyl (C=O) groups excluding carboxylic acids is 1. The van der Waals surface area contributed by atoms with Gasteiger partial charge in [0.1, 0.15) is 6.54 Å². The highest BCUT2D eigenvalue weighted by Crippen LogP contribution is 2.11. The lowest BCUT2D eigenvalue weighted by Gasteiger charge is -2.22. The van der Waals surface area contributed by atoms with Crippen LogP contribution in [0.5, 0.6) is 0 Å². The van der Waals surface area contributed by atoms with Crippen molar-refractivity contribution in [1.82, 2.24) is 4.90 Å². The van der Waals surface area contributed by atoms with Gasteiger partial charge in [-0.05, 0) is 36.5 Å². The molecule has 0 bridgehead atoms. The number of unbranched alkanes of at least 4 members (excludes halogenated alkanes) is 1. The molecule has 0 fully saturated rings. The Bertz CT molecular complexity index is 465. The van der Waals surface area contributed by atoms with Crippen LogP contribution in [0.25, 0.3) is 0 Å². The number of benzene rings is 1. The first-order valence-corrected chi connectivity index (χ1v) is 7.54. The summed E-state index contributed by atoms with van der Waals surface area (Å²) in [5.74, 6) is -0.964. The molecule has 4 heteroatoms. The number of carboxylic acids is 1. The zero-order chi connectivity index (χ0) is 15.8. The Labute approximate surface area is 126 Å². The third-order valence-electron chi connectivity index (χ3n) is 3.22. The molecule has 0 heterocycles. The average molecular weight is 291 g/mol. The van der Waals surface area contributed by atoms with Crippen molar-refractivity contribution in [1.29, 1.82) is 0 Å². The highest BCUT2D eigenvalue weighted by Gasteiger charge is 2.19. The molecular weight excluding hydrogens is 266 g/mol. The second-order valence-electron chi connectivity index (χ2n) is 5.77. The predicted octanol–water partition coefficient (Wildman–Crippen LogP) is 3.21. The molecule has 0 radical (unpaired) electrons. The Balaban J connectivity index is 2.80. The number of rotatable bonds is 8. The molecule has 0 unspecified atom stereocenters. The number of aryl methyl sites for hydroxylation is 1. The zero-order valence-electron chi connectivity index (χ0n) is 13.1. The van der Waals surface area contributed by atoms with E-state index in [1.54, 1.807) is 12.1 Å². The molecule has 4 nitrogen and oxygen atoms in total. The standard InChI is InChI=1S/C17H25NO3/c1-4-5-6-14-7-9-15(10-8-14)17(21)18(11-13(2)3)12-16(19)20/h7-10,13H,4-6,11-12H2,1-3H3,(H,19,20). The molecule has 1 amide bonds. The molecule has 0 aromatic heterocycles. The minimum Gasteiger partial charge on any atom is -0.480 e. The maximum absolute atomic E-state index is 12.4. The van der Waals surface area contributed by atoms with Gasteiger partial charge in [0, 0.05) is 12.1 Å². The fourth-order valence-corrected chi connectivity index (χ4v) is 2.20. The van der Waals surface area contributed by atoms with Crippen LogP contribution in [-0.2, 0) is 11.2 Å². The van der Waals surface area contributed by atoms with Gasteiger partial charge in [-0.1, -0.05) is 39.3 Å². The monoisotopic (exact) mass is 291 g/mol. The number of hydrogen-bond donors (Lipinski definition) is 1. The van der Waals surface area contributed by atoms with Gasteiger partial charge < -0.3 is 10.0 Å². The lowest BCUT2D eigenvalue weighted by atomic mass is 10.1. The lowest BCUT2D eigenvalue weighted by Crippen LogP contribution is -2.38. The van der Waals surface area contributed by atoms with Crippen LogP contribution in [-0.4, -0.2) is 35.0 Å². The minimum atomic E-state index is -0.983. The summed E-state index contributed by atoms with van der Waals surface area (Å²) in [7, 11) is 0. The minimum absolute atomic E-state index is 0.215. The molecule has 1 N–H and O–H groups in total. The summed E-state index contributed by atoms with van der Waals surface area (Å²) < 4.78 is 0. The van der Waals surface area contributed by atoms with E-state index < -0.39 is 5.97 Å². The topological polar surface area (TPSA) is 57.6 Å². The van der Waals surface area contributed by atoms with Crippen LogP contribution in [0, 0.1) is 5.92 Å². The molecule has 1 rings (SSSR count). The van der Waals surface area contributed by atoms with E-state index in [0.717, 1.165) is 19.3 Å². The maximum atomic E-state index is 12.4. The van der Waals surface area contributed by atoms with Crippen molar-refractivity contribution in [2.75, 3.05) is 13.1 Å². The first-order valence-electron chi connectivity index (χ1n) is 7.54. The summed E-state index contributed by atoms with van der Waals surface area (Å²) >= 11 is 0. The van der Waals surface area contributed by atoms with E-state index in [9.17, 15) is 9.59 Å². The second kappa shape index (κ2) is 8.45. The predicted molar refractivity (Wildman–Crippen MR) is 83.4 cm³/mol. The van der Waals surface area contributed by atoms with Crippen LogP contribution in [0.2, 0.25) is 0 Å². The molecular formula is C17H25NO3. The van der Waals surface area contributed by atoms with Crippen LogP contribution in [0.15, 0.2) is 24.3 Å². The van der Waals surface area contributed by atoms with E-state index in [1.165, 1.54) is 10.5 Å². The van der Waals surface area contributed by atoms with Crippen molar-refractivity contribution in [3.8, 4) is 0 Å². The second-order valence-corrected chi connectivity index (χ2v) is 5.77. The number of aliphatic carboxylic acids is 1. The van der Waals surface area contributed by atoms with Gasteiger partial charge in [0.15, 0.2) is 0 Å². The maximum Gasteiger partial charge on any atom is 0.323 e. The van der Waals surface area contributed by atoms with Gasteiger partial charge in [-0.2, -0.15) is 0 Å². The van der Waals surface area contributed by atoms with Gasteiger partial charge in [0.25, 0.3) is 5.91 Å². The van der Waals surface area contributed by atoms with Crippen molar-refractivity contribution in [3.63, 3.8) is 0 Å². The first kappa shape index (κ1) is 17.2. The highest BCUT2D eigenvalue weighted by molar-refractivity contribution is 5.95. The quantitative estimate of drug-likeness (QED) is 0.800. The zero-order valence-corrected chi connectivity index (χ0v) is 13.1. The van der Waals surface area contributed by atoms with Gasteiger partial charge >= 0.3 is 5.97 Å². The molecule has 0 saturated heterocycles. The lowest BCUT2D eigenvalue weighted by molar-refractivity contribution is -0.137. The molecule has 21 heavy (non-hydrogen) atoms. The van der Waals surface area contributed by atoms with Gasteiger partial charge in [0.2, 0.25) is 0 Å². The van der Waals surface area contributed by atoms with Crippen LogP contribution < -0.4 is 0 Å². The number of nitrogens with zero attached hydrogens (tertiary/aromatic N) is 1. The third kappa shape index (κ3) is 5.98. The Morgan fingerprint density at radius 1 is 1.19 bits per heavy atom. The fourth-order valence-electron chi connectivity index (χ4n) is 2.20. The Kier molecular flexibility index (Phi) is 6.92. The number of carboxylic acid groups (broad SMARTS) is 1. The largest absolute Gasteiger partial charge is 0.480 e. The molecule has 1 aromatic carbocycles. The Morgan fingerprint density at radius 3 is 2.29 bits per heavy atom. The van der Waals surface area contributed by atoms with Crippen LogP contribution in [0.1, 0.15) is 49.5 Å². The third-order valence-corrected chi connectivity index (χ3v) is 3.22. The van der Waals surface area contributed by atoms with Crippen molar-refractivity contribution in [3.05, 3.63) is 35.4 Å². The van der Waals surface area contributed by atoms with Crippen molar-refractivity contribution in [2.45, 2.75) is 40.0 Å². The molecule has 0 saturated carbocycles. The number of hydrogen-bond acceptors (Lipinski definition) is 2. The normalized spacial score (nSPS) is 10.7. The van der Waals surface area contributed by atoms with Gasteiger partial charge in [-0.25, -0.2) is 0 Å². The molecule has 0 atom stereocenters. The molecule has 0 aliphatic carbocycles. The van der Waals surface area contributed by atoms with Gasteiger partial charge in [-0.3, -0.25) is 9.59 Å². The molecule has 0 aliphatic rings. The van der Waals surface area contributed by atoms with Crippen molar-refractivity contribution in [2.24, 2.45) is 5.92 Å². The average Bonchev–Trinajstić information content (AvgIpc) is 2.43. The first-order chi connectivity index (χ1) is 9.93. The summed E-state index contributed by atoms with van der Waals surface area (Å²) in [6, 6.07) is 7.50.